The second kappa shape index (κ2) is 7.53. The fourth-order valence-corrected chi connectivity index (χ4v) is 2.36. The molecule has 0 spiro atoms. The number of methoxy groups -OCH3 is 1. The van der Waals surface area contributed by atoms with Crippen LogP contribution in [0.25, 0.3) is 0 Å². The Kier molecular flexibility index (Phi) is 5.44. The zero-order valence-corrected chi connectivity index (χ0v) is 13.2. The number of thioether (sulfide) groups is 1. The fraction of sp³-hybridized carbons (Fsp3) is 0.0769. The van der Waals surface area contributed by atoms with Crippen LogP contribution in [0.15, 0.2) is 33.3 Å². The van der Waals surface area contributed by atoms with E-state index in [0.717, 1.165) is 43.3 Å². The number of amides is 1. The van der Waals surface area contributed by atoms with Crippen molar-refractivity contribution >= 4 is 40.7 Å². The van der Waals surface area contributed by atoms with E-state index in [1.807, 2.05) is 0 Å². The van der Waals surface area contributed by atoms with Gasteiger partial charge in [-0.05, 0) is 17.8 Å². The number of ether oxygens (including phenoxy) is 1. The summed E-state index contributed by atoms with van der Waals surface area (Å²) in [6.45, 7) is 0. The Labute approximate surface area is 143 Å². The molecule has 10 nitrogen and oxygen atoms in total. The van der Waals surface area contributed by atoms with Crippen LogP contribution in [0.2, 0.25) is 0 Å². The Bertz CT molecular complexity index is 851. The van der Waals surface area contributed by atoms with Gasteiger partial charge in [0, 0.05) is 12.1 Å². The van der Waals surface area contributed by atoms with E-state index in [-0.39, 0.29) is 10.1 Å². The number of hydrogen-bond donors (Lipinski definition) is 2. The Morgan fingerprint density at radius 3 is 2.88 bits per heavy atom. The second-order valence-corrected chi connectivity index (χ2v) is 5.35. The molecule has 1 aliphatic rings. The number of nitrogens with one attached hydrogen (secondary N) is 1. The van der Waals surface area contributed by atoms with Gasteiger partial charge in [0.15, 0.2) is 5.17 Å². The Morgan fingerprint density at radius 2 is 2.24 bits per heavy atom. The second-order valence-electron chi connectivity index (χ2n) is 4.32. The molecule has 130 valence electrons. The Morgan fingerprint density at radius 1 is 1.52 bits per heavy atom. The summed E-state index contributed by atoms with van der Waals surface area (Å²) in [5.41, 5.74) is -1.22. The quantitative estimate of drug-likeness (QED) is 0.266. The van der Waals surface area contributed by atoms with Crippen LogP contribution in [0.4, 0.5) is 10.1 Å². The molecule has 0 radical (unpaired) electrons. The Hall–Kier alpha value is -3.28. The normalized spacial score (nSPS) is 17.3. The van der Waals surface area contributed by atoms with E-state index in [1.54, 1.807) is 0 Å². The van der Waals surface area contributed by atoms with Gasteiger partial charge in [-0.2, -0.15) is 5.10 Å². The maximum Gasteiger partial charge on any atom is 0.331 e. The van der Waals surface area contributed by atoms with Crippen molar-refractivity contribution in [1.29, 1.82) is 0 Å². The van der Waals surface area contributed by atoms with Crippen LogP contribution in [-0.2, 0) is 14.3 Å². The van der Waals surface area contributed by atoms with Gasteiger partial charge in [-0.1, -0.05) is 0 Å². The van der Waals surface area contributed by atoms with Crippen molar-refractivity contribution in [3.8, 4) is 5.75 Å². The summed E-state index contributed by atoms with van der Waals surface area (Å²) in [6, 6.07) is 1.61. The van der Waals surface area contributed by atoms with Crippen molar-refractivity contribution in [3.05, 3.63) is 44.6 Å². The number of aromatic hydroxyl groups is 1. The van der Waals surface area contributed by atoms with Gasteiger partial charge < -0.3 is 9.84 Å². The zero-order chi connectivity index (χ0) is 18.6. The fourth-order valence-electron chi connectivity index (χ4n) is 1.62. The summed E-state index contributed by atoms with van der Waals surface area (Å²) < 4.78 is 18.0. The zero-order valence-electron chi connectivity index (χ0n) is 12.4. The van der Waals surface area contributed by atoms with Gasteiger partial charge in [0.1, 0.15) is 5.82 Å². The molecule has 0 saturated carbocycles. The van der Waals surface area contributed by atoms with Gasteiger partial charge in [0.2, 0.25) is 5.75 Å². The number of carbonyl (C=O) groups is 2. The average Bonchev–Trinajstić information content (AvgIpc) is 2.89. The molecule has 2 N–H and O–H groups in total. The third-order valence-electron chi connectivity index (χ3n) is 2.78. The van der Waals surface area contributed by atoms with E-state index in [2.05, 4.69) is 20.3 Å². The molecule has 1 amide bonds. The van der Waals surface area contributed by atoms with Crippen molar-refractivity contribution in [2.75, 3.05) is 7.11 Å². The van der Waals surface area contributed by atoms with Crippen molar-refractivity contribution in [2.45, 2.75) is 0 Å². The Balaban J connectivity index is 2.22. The van der Waals surface area contributed by atoms with Crippen LogP contribution in [0, 0.1) is 15.9 Å². The number of esters is 1. The lowest BCUT2D eigenvalue weighted by molar-refractivity contribution is -0.385. The summed E-state index contributed by atoms with van der Waals surface area (Å²) in [7, 11) is 1.15. The largest absolute Gasteiger partial charge is 0.502 e. The van der Waals surface area contributed by atoms with Crippen molar-refractivity contribution in [3.63, 3.8) is 0 Å². The van der Waals surface area contributed by atoms with Crippen LogP contribution in [0.1, 0.15) is 5.56 Å². The lowest BCUT2D eigenvalue weighted by Gasteiger charge is -2.00. The average molecular weight is 368 g/mol. The van der Waals surface area contributed by atoms with E-state index < -0.39 is 39.6 Å². The summed E-state index contributed by atoms with van der Waals surface area (Å²) in [4.78, 5) is 32.5. The summed E-state index contributed by atoms with van der Waals surface area (Å²) in [5.74, 6) is -3.18. The lowest BCUT2D eigenvalue weighted by atomic mass is 10.2. The summed E-state index contributed by atoms with van der Waals surface area (Å²) in [5, 5.41) is 29.7. The third-order valence-corrected chi connectivity index (χ3v) is 3.68. The van der Waals surface area contributed by atoms with E-state index in [4.69, 9.17) is 0 Å². The van der Waals surface area contributed by atoms with Crippen molar-refractivity contribution in [1.82, 2.24) is 5.32 Å². The first-order chi connectivity index (χ1) is 11.8. The highest BCUT2D eigenvalue weighted by Crippen LogP contribution is 2.30. The topological polar surface area (TPSA) is 143 Å². The number of halogens is 1. The number of amidine groups is 1. The summed E-state index contributed by atoms with van der Waals surface area (Å²) >= 11 is 0.785. The maximum absolute atomic E-state index is 13.6. The van der Waals surface area contributed by atoms with E-state index in [1.165, 1.54) is 0 Å². The maximum atomic E-state index is 13.6. The molecule has 0 atom stereocenters. The van der Waals surface area contributed by atoms with Gasteiger partial charge in [-0.3, -0.25) is 20.2 Å². The summed E-state index contributed by atoms with van der Waals surface area (Å²) in [6.07, 6.45) is 1.72. The highest BCUT2D eigenvalue weighted by Gasteiger charge is 2.25. The molecule has 1 aromatic rings. The monoisotopic (exact) mass is 368 g/mol. The van der Waals surface area contributed by atoms with Gasteiger partial charge in [0.05, 0.1) is 28.7 Å². The highest BCUT2D eigenvalue weighted by molar-refractivity contribution is 8.18. The molecule has 0 aliphatic carbocycles. The molecule has 1 saturated heterocycles. The molecule has 1 fully saturated rings. The predicted octanol–water partition coefficient (Wildman–Crippen LogP) is 1.05. The number of phenolic OH excluding ortho intramolecular Hbond substituents is 1. The molecule has 1 heterocycles. The molecule has 0 aromatic heterocycles. The van der Waals surface area contributed by atoms with Gasteiger partial charge in [-0.15, -0.1) is 5.10 Å². The standard InChI is InChI=1S/C13H9FN4O6S/c1-24-10(19)4-9-12(21)16-13(25-9)17-15-5-6-7(14)2-3-8(11(6)20)18(22)23/h2-5,20H,1H3,(H,16,17,21)/b9-4+,15-5?. The first kappa shape index (κ1) is 18.1. The van der Waals surface area contributed by atoms with Crippen LogP contribution < -0.4 is 5.32 Å². The number of nitro groups is 1. The number of carbonyl (C=O) groups excluding carboxylic acids is 2. The van der Waals surface area contributed by atoms with Crippen molar-refractivity contribution in [2.24, 2.45) is 10.2 Å². The van der Waals surface area contributed by atoms with Crippen LogP contribution >= 0.6 is 11.8 Å². The molecule has 12 heteroatoms. The van der Waals surface area contributed by atoms with Crippen LogP contribution in [0.3, 0.4) is 0 Å². The first-order valence-corrected chi connectivity index (χ1v) is 7.21. The predicted molar refractivity (Wildman–Crippen MR) is 85.6 cm³/mol. The van der Waals surface area contributed by atoms with Gasteiger partial charge in [0.25, 0.3) is 5.91 Å². The number of phenols is 1. The highest BCUT2D eigenvalue weighted by atomic mass is 32.2. The molecule has 0 unspecified atom stereocenters. The molecular formula is C13H9FN4O6S. The molecule has 2 rings (SSSR count). The molecular weight excluding hydrogens is 359 g/mol. The van der Waals surface area contributed by atoms with Gasteiger partial charge >= 0.3 is 11.7 Å². The number of rotatable bonds is 4. The van der Waals surface area contributed by atoms with E-state index in [0.29, 0.717) is 0 Å². The minimum Gasteiger partial charge on any atom is -0.502 e. The third kappa shape index (κ3) is 4.17. The number of hydrogen-bond acceptors (Lipinski definition) is 9. The van der Waals surface area contributed by atoms with E-state index >= 15 is 0 Å². The van der Waals surface area contributed by atoms with Crippen LogP contribution in [0.5, 0.6) is 5.75 Å². The lowest BCUT2D eigenvalue weighted by Crippen LogP contribution is -2.19. The minimum absolute atomic E-state index is 0.0123. The molecule has 0 bridgehead atoms. The number of nitrogens with zero attached hydrogens (tertiary/aromatic N) is 3. The minimum atomic E-state index is -0.943. The first-order valence-electron chi connectivity index (χ1n) is 6.39. The van der Waals surface area contributed by atoms with Crippen molar-refractivity contribution < 1.29 is 28.7 Å². The SMILES string of the molecule is COC(=O)/C=C1/S/C(=N\N=Cc2c(F)ccc([N+](=O)[O-])c2O)NC1=O. The molecule has 1 aromatic carbocycles. The van der Waals surface area contributed by atoms with Gasteiger partial charge in [-0.25, -0.2) is 9.18 Å². The molecule has 1 aliphatic heterocycles. The smallest absolute Gasteiger partial charge is 0.331 e. The number of benzene rings is 1. The van der Waals surface area contributed by atoms with Crippen LogP contribution in [-0.4, -0.2) is 40.4 Å². The number of nitro benzene ring substituents is 1. The van der Waals surface area contributed by atoms with E-state index in [9.17, 15) is 29.2 Å². The molecule has 25 heavy (non-hydrogen) atoms.